The number of aryl methyl sites for hydroxylation is 2. The number of hydrogen-bond acceptors (Lipinski definition) is 4. The van der Waals surface area contributed by atoms with Crippen molar-refractivity contribution in [1.29, 1.82) is 0 Å². The van der Waals surface area contributed by atoms with Crippen molar-refractivity contribution in [3.63, 3.8) is 0 Å². The molecule has 35 heavy (non-hydrogen) atoms. The molecule has 0 atom stereocenters. The van der Waals surface area contributed by atoms with Crippen LogP contribution in [0.1, 0.15) is 61.8 Å². The summed E-state index contributed by atoms with van der Waals surface area (Å²) in [6.07, 6.45) is 8.94. The summed E-state index contributed by atoms with van der Waals surface area (Å²) in [7, 11) is -4.94. The van der Waals surface area contributed by atoms with Crippen LogP contribution in [0.5, 0.6) is 0 Å². The first kappa shape index (κ1) is 29.6. The van der Waals surface area contributed by atoms with E-state index in [2.05, 4.69) is 24.3 Å². The van der Waals surface area contributed by atoms with Crippen molar-refractivity contribution in [3.8, 4) is 0 Å². The number of rotatable bonds is 0. The van der Waals surface area contributed by atoms with E-state index in [1.165, 1.54) is 25.7 Å². The van der Waals surface area contributed by atoms with Gasteiger partial charge >= 0.3 is 0 Å². The van der Waals surface area contributed by atoms with Gasteiger partial charge in [-0.1, -0.05) is 47.6 Å². The van der Waals surface area contributed by atoms with Gasteiger partial charge in [-0.25, -0.2) is 36.2 Å². The van der Waals surface area contributed by atoms with E-state index in [4.69, 9.17) is 18.6 Å². The van der Waals surface area contributed by atoms with E-state index in [-0.39, 0.29) is 31.2 Å². The molecule has 0 amide bonds. The van der Waals surface area contributed by atoms with Crippen molar-refractivity contribution in [1.82, 2.24) is 0 Å². The standard InChI is InChI=1S/C15H12F4.C10H12.ClHO4.Ir/c1-6-4-15(3)5-7(2)8(6)9-10(15)12(17)14(19)13(18)11(9)16;1-2-6-10-8-4-3-7-9(10)5-1;2-1(3,4)5;/h4-5,8H,1-3H3;1-2,5-6H,3-4,7-8H2;(H,2,3,4,5);/p-1. The molecule has 1 radical (unpaired) electrons. The fraction of sp³-hybridized carbons (Fsp3) is 0.360. The fourth-order valence-electron chi connectivity index (χ4n) is 5.24. The van der Waals surface area contributed by atoms with Crippen molar-refractivity contribution >= 4 is 0 Å². The van der Waals surface area contributed by atoms with E-state index in [1.807, 2.05) is 0 Å². The van der Waals surface area contributed by atoms with Crippen LogP contribution in [0.15, 0.2) is 47.6 Å². The third-order valence-corrected chi connectivity index (χ3v) is 6.36. The minimum Gasteiger partial charge on any atom is -0.222 e. The van der Waals surface area contributed by atoms with Crippen molar-refractivity contribution in [3.05, 3.63) is 93.1 Å². The largest absolute Gasteiger partial charge is 0.222 e. The summed E-state index contributed by atoms with van der Waals surface area (Å²) in [6, 6.07) is 8.80. The maximum atomic E-state index is 14.1. The predicted octanol–water partition coefficient (Wildman–Crippen LogP) is 2.31. The summed E-state index contributed by atoms with van der Waals surface area (Å²) < 4.78 is 89.0. The summed E-state index contributed by atoms with van der Waals surface area (Å²) in [6.45, 7) is 5.26. The molecular formula is C25H24ClF4IrO4-. The summed E-state index contributed by atoms with van der Waals surface area (Å²) in [5, 5.41) is 0. The number of hydrogen-bond donors (Lipinski definition) is 0. The third-order valence-electron chi connectivity index (χ3n) is 6.36. The number of allylic oxidation sites excluding steroid dienone is 4. The topological polar surface area (TPSA) is 92.2 Å². The molecule has 2 bridgehead atoms. The van der Waals surface area contributed by atoms with E-state index in [0.29, 0.717) is 0 Å². The Morgan fingerprint density at radius 3 is 1.60 bits per heavy atom. The Morgan fingerprint density at radius 2 is 1.17 bits per heavy atom. The van der Waals surface area contributed by atoms with Crippen molar-refractivity contribution in [2.24, 2.45) is 0 Å². The molecule has 2 aromatic rings. The molecule has 2 aromatic carbocycles. The molecule has 4 nitrogen and oxygen atoms in total. The minimum atomic E-state index is -4.94. The van der Waals surface area contributed by atoms with Crippen LogP contribution in [0.4, 0.5) is 17.6 Å². The van der Waals surface area contributed by atoms with Gasteiger partial charge in [0, 0.05) is 42.6 Å². The zero-order valence-corrected chi connectivity index (χ0v) is 22.4. The second-order valence-electron chi connectivity index (χ2n) is 8.89. The molecule has 0 N–H and O–H groups in total. The predicted molar refractivity (Wildman–Crippen MR) is 107 cm³/mol. The average molecular weight is 692 g/mol. The summed E-state index contributed by atoms with van der Waals surface area (Å²) >= 11 is 0. The number of fused-ring (bicyclic) bond motifs is 1. The molecular weight excluding hydrogens is 668 g/mol. The van der Waals surface area contributed by atoms with Crippen LogP contribution < -0.4 is 18.6 Å². The SMILES string of the molecule is CC1=CC2(C)C=C(C)C1c1c(F)c(F)c(F)c(F)c12.[Ir].[O-][Cl+3]([O-])([O-])[O-].c1ccc2c(c1)CCCC2. The van der Waals surface area contributed by atoms with Crippen LogP contribution >= 0.6 is 0 Å². The Bertz CT molecular complexity index is 1110. The Labute approximate surface area is 217 Å². The van der Waals surface area contributed by atoms with Gasteiger partial charge in [-0.2, -0.15) is 0 Å². The van der Waals surface area contributed by atoms with Crippen LogP contribution in [0.2, 0.25) is 0 Å². The molecule has 10 heteroatoms. The van der Waals surface area contributed by atoms with E-state index in [9.17, 15) is 17.6 Å². The maximum absolute atomic E-state index is 14.1. The Morgan fingerprint density at radius 1 is 0.771 bits per heavy atom. The average Bonchev–Trinajstić information content (AvgIpc) is 2.74. The molecule has 0 aliphatic heterocycles. The molecule has 0 aromatic heterocycles. The summed E-state index contributed by atoms with van der Waals surface area (Å²) in [5.74, 6) is -6.52. The normalized spacial score (nSPS) is 21.6. The van der Waals surface area contributed by atoms with Gasteiger partial charge < -0.3 is 0 Å². The van der Waals surface area contributed by atoms with Gasteiger partial charge in [0.25, 0.3) is 0 Å². The molecule has 4 aliphatic carbocycles. The second-order valence-corrected chi connectivity index (χ2v) is 9.65. The van der Waals surface area contributed by atoms with E-state index in [1.54, 1.807) is 44.1 Å². The molecule has 0 saturated carbocycles. The zero-order chi connectivity index (χ0) is 25.4. The van der Waals surface area contributed by atoms with Gasteiger partial charge in [0.05, 0.1) is 0 Å². The zero-order valence-electron chi connectivity index (χ0n) is 19.2. The quantitative estimate of drug-likeness (QED) is 0.184. The summed E-state index contributed by atoms with van der Waals surface area (Å²) in [4.78, 5) is 0. The van der Waals surface area contributed by atoms with E-state index < -0.39 is 44.8 Å². The number of halogens is 5. The molecule has 0 fully saturated rings. The molecule has 6 rings (SSSR count). The van der Waals surface area contributed by atoms with Crippen LogP contribution in [0.25, 0.3) is 0 Å². The van der Waals surface area contributed by atoms with Crippen molar-refractivity contribution in [2.45, 2.75) is 57.8 Å². The van der Waals surface area contributed by atoms with Crippen LogP contribution in [0.3, 0.4) is 0 Å². The first-order chi connectivity index (χ1) is 15.7. The van der Waals surface area contributed by atoms with Crippen LogP contribution in [0, 0.1) is 33.5 Å². The molecule has 0 unspecified atom stereocenters. The third kappa shape index (κ3) is 6.41. The molecule has 0 spiro atoms. The van der Waals surface area contributed by atoms with E-state index >= 15 is 0 Å². The van der Waals surface area contributed by atoms with Gasteiger partial charge in [-0.15, -0.1) is 10.2 Å². The monoisotopic (exact) mass is 692 g/mol. The van der Waals surface area contributed by atoms with Crippen LogP contribution in [-0.2, 0) is 38.4 Å². The Hall–Kier alpha value is -1.58. The minimum absolute atomic E-state index is 0. The van der Waals surface area contributed by atoms with Crippen molar-refractivity contribution in [2.75, 3.05) is 0 Å². The van der Waals surface area contributed by atoms with Gasteiger partial charge in [0.2, 0.25) is 0 Å². The van der Waals surface area contributed by atoms with Crippen molar-refractivity contribution < 1.29 is 66.5 Å². The van der Waals surface area contributed by atoms with Gasteiger partial charge in [-0.3, -0.25) is 0 Å². The second kappa shape index (κ2) is 11.2. The summed E-state index contributed by atoms with van der Waals surface area (Å²) in [5.41, 5.74) is 3.77. The van der Waals surface area contributed by atoms with Crippen LogP contribution in [-0.4, -0.2) is 0 Å². The van der Waals surface area contributed by atoms with Gasteiger partial charge in [0.15, 0.2) is 23.3 Å². The maximum Gasteiger partial charge on any atom is 0.197 e. The molecule has 4 aliphatic rings. The molecule has 0 heterocycles. The first-order valence-corrected chi connectivity index (χ1v) is 11.9. The first-order valence-electron chi connectivity index (χ1n) is 10.7. The Balaban J connectivity index is 0.000000226. The van der Waals surface area contributed by atoms with Gasteiger partial charge in [-0.05, 0) is 57.6 Å². The Kier molecular flexibility index (Phi) is 9.50. The smallest absolute Gasteiger partial charge is 0.197 e. The molecule has 0 saturated heterocycles. The fourth-order valence-corrected chi connectivity index (χ4v) is 5.24. The van der Waals surface area contributed by atoms with Gasteiger partial charge in [0.1, 0.15) is 0 Å². The molecule has 193 valence electrons. The number of benzene rings is 2. The van der Waals surface area contributed by atoms with E-state index in [0.717, 1.165) is 11.1 Å².